The van der Waals surface area contributed by atoms with E-state index in [2.05, 4.69) is 85.3 Å². The molecule has 0 aliphatic rings. The number of ether oxygens (including phenoxy) is 1. The van der Waals surface area contributed by atoms with Gasteiger partial charge in [0, 0.05) is 6.54 Å². The summed E-state index contributed by atoms with van der Waals surface area (Å²) in [5.41, 5.74) is 6.86. The lowest BCUT2D eigenvalue weighted by molar-refractivity contribution is -0.155. The van der Waals surface area contributed by atoms with E-state index in [1.165, 1.54) is 33.4 Å². The molecule has 33 heavy (non-hydrogen) atoms. The lowest BCUT2D eigenvalue weighted by Crippen LogP contribution is -2.32. The van der Waals surface area contributed by atoms with Gasteiger partial charge in [0.1, 0.15) is 5.60 Å². The molecule has 0 N–H and O–H groups in total. The van der Waals surface area contributed by atoms with Gasteiger partial charge >= 0.3 is 5.97 Å². The van der Waals surface area contributed by atoms with Crippen LogP contribution in [0, 0.1) is 0 Å². The van der Waals surface area contributed by atoms with Crippen molar-refractivity contribution in [1.82, 2.24) is 4.90 Å². The average Bonchev–Trinajstić information content (AvgIpc) is 3.27. The summed E-state index contributed by atoms with van der Waals surface area (Å²) < 4.78 is 5.45. The molecule has 1 aromatic heterocycles. The molecular weight excluding hydrogens is 426 g/mol. The largest absolute Gasteiger partial charge is 0.459 e. The number of carbonyl (C=O) groups is 1. The Bertz CT molecular complexity index is 1060. The zero-order valence-corrected chi connectivity index (χ0v) is 21.4. The maximum Gasteiger partial charge on any atom is 0.320 e. The van der Waals surface area contributed by atoms with Crippen molar-refractivity contribution in [1.29, 1.82) is 0 Å². The van der Waals surface area contributed by atoms with Gasteiger partial charge in [-0.25, -0.2) is 0 Å². The number of hydrogen-bond acceptors (Lipinski definition) is 4. The van der Waals surface area contributed by atoms with Crippen molar-refractivity contribution in [2.75, 3.05) is 20.1 Å². The van der Waals surface area contributed by atoms with Crippen LogP contribution in [-0.4, -0.2) is 36.6 Å². The van der Waals surface area contributed by atoms with Gasteiger partial charge in [0.2, 0.25) is 0 Å². The summed E-state index contributed by atoms with van der Waals surface area (Å²) in [6.45, 7) is 11.0. The number of benzene rings is 2. The van der Waals surface area contributed by atoms with Crippen molar-refractivity contribution in [2.24, 2.45) is 0 Å². The van der Waals surface area contributed by atoms with Crippen molar-refractivity contribution in [3.05, 3.63) is 88.1 Å². The van der Waals surface area contributed by atoms with Gasteiger partial charge in [-0.15, -0.1) is 0 Å². The molecule has 3 nitrogen and oxygen atoms in total. The summed E-state index contributed by atoms with van der Waals surface area (Å²) in [5.74, 6) is 0.330. The lowest BCUT2D eigenvalue weighted by Gasteiger charge is -2.22. The monoisotopic (exact) mass is 461 g/mol. The Kier molecular flexibility index (Phi) is 8.28. The van der Waals surface area contributed by atoms with Crippen molar-refractivity contribution >= 4 is 22.9 Å². The van der Waals surface area contributed by atoms with E-state index in [1.807, 2.05) is 32.7 Å². The third-order valence-corrected chi connectivity index (χ3v) is 6.05. The number of nitrogens with zero attached hydrogens (tertiary/aromatic N) is 1. The molecule has 0 unspecified atom stereocenters. The minimum absolute atomic E-state index is 0.205. The van der Waals surface area contributed by atoms with Crippen molar-refractivity contribution in [3.63, 3.8) is 0 Å². The number of thiophene rings is 1. The molecule has 174 valence electrons. The number of likely N-dealkylation sites (N-methyl/N-ethyl adjacent to an activating group) is 1. The van der Waals surface area contributed by atoms with E-state index in [-0.39, 0.29) is 12.5 Å². The normalized spacial score (nSPS) is 12.4. The zero-order chi connectivity index (χ0) is 24.0. The van der Waals surface area contributed by atoms with Crippen molar-refractivity contribution in [3.8, 4) is 11.1 Å². The summed E-state index contributed by atoms with van der Waals surface area (Å²) in [6.07, 6.45) is 2.19. The molecule has 0 radical (unpaired) electrons. The highest BCUT2D eigenvalue weighted by atomic mass is 32.1. The SMILES string of the molecule is CC(C)c1ccc(-c2ccc(/C(=C/CN(C)CC(=O)OC(C)(C)C)c3ccsc3)cc2)cc1. The summed E-state index contributed by atoms with van der Waals surface area (Å²) in [6, 6.07) is 19.7. The molecule has 4 heteroatoms. The van der Waals surface area contributed by atoms with Crippen LogP contribution in [0.25, 0.3) is 16.7 Å². The Morgan fingerprint density at radius 1 is 0.970 bits per heavy atom. The predicted molar refractivity (Wildman–Crippen MR) is 141 cm³/mol. The highest BCUT2D eigenvalue weighted by Gasteiger charge is 2.17. The minimum Gasteiger partial charge on any atom is -0.459 e. The molecule has 0 amide bonds. The Labute approximate surface area is 202 Å². The molecule has 1 heterocycles. The van der Waals surface area contributed by atoms with Crippen LogP contribution in [0.3, 0.4) is 0 Å². The maximum absolute atomic E-state index is 12.2. The first kappa shape index (κ1) is 24.9. The first-order valence-corrected chi connectivity index (χ1v) is 12.4. The molecule has 0 fully saturated rings. The topological polar surface area (TPSA) is 29.5 Å². The number of carbonyl (C=O) groups excluding carboxylic acids is 1. The molecule has 0 saturated carbocycles. The Hall–Kier alpha value is -2.69. The molecule has 0 aliphatic heterocycles. The highest BCUT2D eigenvalue weighted by molar-refractivity contribution is 7.08. The first-order valence-electron chi connectivity index (χ1n) is 11.5. The molecule has 3 aromatic rings. The van der Waals surface area contributed by atoms with Gasteiger partial charge in [0.25, 0.3) is 0 Å². The summed E-state index contributed by atoms with van der Waals surface area (Å²) in [5, 5.41) is 4.26. The van der Waals surface area contributed by atoms with Gasteiger partial charge in [0.15, 0.2) is 0 Å². The van der Waals surface area contributed by atoms with E-state index in [9.17, 15) is 4.79 Å². The number of hydrogen-bond donors (Lipinski definition) is 0. The Balaban J connectivity index is 1.76. The zero-order valence-electron chi connectivity index (χ0n) is 20.6. The molecule has 3 rings (SSSR count). The van der Waals surface area contributed by atoms with E-state index in [1.54, 1.807) is 11.3 Å². The van der Waals surface area contributed by atoms with E-state index >= 15 is 0 Å². The number of rotatable bonds is 8. The van der Waals surface area contributed by atoms with E-state index in [4.69, 9.17) is 4.74 Å². The summed E-state index contributed by atoms with van der Waals surface area (Å²) >= 11 is 1.69. The summed E-state index contributed by atoms with van der Waals surface area (Å²) in [7, 11) is 1.94. The van der Waals surface area contributed by atoms with E-state index < -0.39 is 5.60 Å². The fourth-order valence-corrected chi connectivity index (χ4v) is 4.28. The summed E-state index contributed by atoms with van der Waals surface area (Å²) in [4.78, 5) is 14.1. The molecule has 0 spiro atoms. The van der Waals surface area contributed by atoms with Gasteiger partial charge in [0.05, 0.1) is 6.54 Å². The van der Waals surface area contributed by atoms with Crippen LogP contribution in [0.4, 0.5) is 0 Å². The van der Waals surface area contributed by atoms with Crippen molar-refractivity contribution < 1.29 is 9.53 Å². The fraction of sp³-hybridized carbons (Fsp3) is 0.345. The van der Waals surface area contributed by atoms with Crippen LogP contribution in [0.1, 0.15) is 57.2 Å². The van der Waals surface area contributed by atoms with Crippen LogP contribution < -0.4 is 0 Å². The van der Waals surface area contributed by atoms with Crippen LogP contribution >= 0.6 is 11.3 Å². The molecule has 0 saturated heterocycles. The van der Waals surface area contributed by atoms with Crippen LogP contribution in [0.5, 0.6) is 0 Å². The van der Waals surface area contributed by atoms with Gasteiger partial charge < -0.3 is 4.74 Å². The molecule has 0 aliphatic carbocycles. The number of esters is 1. The van der Waals surface area contributed by atoms with Crippen molar-refractivity contribution in [2.45, 2.75) is 46.1 Å². The Morgan fingerprint density at radius 3 is 2.09 bits per heavy atom. The lowest BCUT2D eigenvalue weighted by atomic mass is 9.95. The third-order valence-electron chi connectivity index (χ3n) is 5.36. The van der Waals surface area contributed by atoms with Gasteiger partial charge in [-0.05, 0) is 84.0 Å². The van der Waals surface area contributed by atoms with E-state index in [0.29, 0.717) is 12.5 Å². The fourth-order valence-electron chi connectivity index (χ4n) is 3.63. The predicted octanol–water partition coefficient (Wildman–Crippen LogP) is 7.24. The molecular formula is C29H35NO2S. The minimum atomic E-state index is -0.466. The second-order valence-electron chi connectivity index (χ2n) is 9.77. The maximum atomic E-state index is 12.2. The molecule has 2 aromatic carbocycles. The molecule has 0 bridgehead atoms. The second kappa shape index (κ2) is 11.0. The van der Waals surface area contributed by atoms with Crippen LogP contribution in [0.15, 0.2) is 71.4 Å². The highest BCUT2D eigenvalue weighted by Crippen LogP contribution is 2.29. The standard InChI is InChI=1S/C29H35NO2S/c1-21(2)22-7-9-23(10-8-22)24-11-13-25(14-12-24)27(26-16-18-33-20-26)15-17-30(6)19-28(31)32-29(3,4)5/h7-16,18,20-21H,17,19H2,1-6H3/b27-15-. The average molecular weight is 462 g/mol. The van der Waals surface area contributed by atoms with Gasteiger partial charge in [-0.2, -0.15) is 11.3 Å². The van der Waals surface area contributed by atoms with Gasteiger partial charge in [-0.1, -0.05) is 68.5 Å². The first-order chi connectivity index (χ1) is 15.6. The van der Waals surface area contributed by atoms with Crippen LogP contribution in [0.2, 0.25) is 0 Å². The quantitative estimate of drug-likeness (QED) is 0.331. The third kappa shape index (κ3) is 7.41. The van der Waals surface area contributed by atoms with Crippen LogP contribution in [-0.2, 0) is 9.53 Å². The second-order valence-corrected chi connectivity index (χ2v) is 10.5. The Morgan fingerprint density at radius 2 is 1.58 bits per heavy atom. The van der Waals surface area contributed by atoms with Gasteiger partial charge in [-0.3, -0.25) is 9.69 Å². The molecule has 0 atom stereocenters. The van der Waals surface area contributed by atoms with E-state index in [0.717, 1.165) is 0 Å². The smallest absolute Gasteiger partial charge is 0.320 e.